The molecule has 0 spiro atoms. The van der Waals surface area contributed by atoms with Gasteiger partial charge in [-0.1, -0.05) is 13.8 Å². The van der Waals surface area contributed by atoms with Crippen molar-refractivity contribution in [2.45, 2.75) is 33.6 Å². The Bertz CT molecular complexity index is 284. The molecule has 1 heterocycles. The fraction of sp³-hybridized carbons (Fsp3) is 0.727. The average molecular weight is 227 g/mol. The van der Waals surface area contributed by atoms with Crippen LogP contribution in [0.4, 0.5) is 5.13 Å². The molecule has 0 aliphatic heterocycles. The Morgan fingerprint density at radius 3 is 2.53 bits per heavy atom. The summed E-state index contributed by atoms with van der Waals surface area (Å²) in [7, 11) is 0. The molecule has 0 aliphatic rings. The summed E-state index contributed by atoms with van der Waals surface area (Å²) in [6, 6.07) is 0. The number of hydrogen-bond donors (Lipinski definition) is 2. The molecule has 1 aromatic heterocycles. The zero-order valence-electron chi connectivity index (χ0n) is 9.84. The number of thiazole rings is 1. The van der Waals surface area contributed by atoms with Gasteiger partial charge in [0.2, 0.25) is 0 Å². The van der Waals surface area contributed by atoms with E-state index in [1.165, 1.54) is 0 Å². The minimum atomic E-state index is 0.222. The van der Waals surface area contributed by atoms with Gasteiger partial charge in [0.15, 0.2) is 5.13 Å². The maximum Gasteiger partial charge on any atom is 0.182 e. The number of aromatic nitrogens is 1. The summed E-state index contributed by atoms with van der Waals surface area (Å²) in [5.41, 5.74) is 7.14. The Morgan fingerprint density at radius 1 is 1.47 bits per heavy atom. The van der Waals surface area contributed by atoms with Gasteiger partial charge in [-0.05, 0) is 31.7 Å². The van der Waals surface area contributed by atoms with Crippen molar-refractivity contribution >= 4 is 16.5 Å². The van der Waals surface area contributed by atoms with Crippen LogP contribution in [-0.4, -0.2) is 18.1 Å². The molecule has 0 bridgehead atoms. The molecule has 0 aromatic carbocycles. The first kappa shape index (κ1) is 12.5. The van der Waals surface area contributed by atoms with Crippen molar-refractivity contribution in [2.75, 3.05) is 18.4 Å². The molecule has 15 heavy (non-hydrogen) atoms. The van der Waals surface area contributed by atoms with Gasteiger partial charge in [-0.2, -0.15) is 0 Å². The van der Waals surface area contributed by atoms with E-state index in [-0.39, 0.29) is 5.41 Å². The number of nitrogens with one attached hydrogen (secondary N) is 1. The molecule has 3 N–H and O–H groups in total. The first-order valence-electron chi connectivity index (χ1n) is 5.52. The fourth-order valence-corrected chi connectivity index (χ4v) is 2.25. The van der Waals surface area contributed by atoms with E-state index in [1.807, 2.05) is 6.92 Å². The molecule has 86 valence electrons. The highest BCUT2D eigenvalue weighted by Crippen LogP contribution is 2.26. The normalized spacial score (nSPS) is 11.7. The molecule has 0 fully saturated rings. The van der Waals surface area contributed by atoms with Crippen LogP contribution in [0.3, 0.4) is 0 Å². The summed E-state index contributed by atoms with van der Waals surface area (Å²) in [5, 5.41) is 6.45. The van der Waals surface area contributed by atoms with Crippen LogP contribution in [0, 0.1) is 12.3 Å². The van der Waals surface area contributed by atoms with E-state index in [0.717, 1.165) is 36.8 Å². The molecule has 0 radical (unpaired) electrons. The standard InChI is InChI=1S/C11H21N3S/c1-4-11(5-2,7-12)8-13-10-14-9(3)6-15-10/h6H,4-5,7-8,12H2,1-3H3,(H,13,14). The van der Waals surface area contributed by atoms with E-state index in [1.54, 1.807) is 11.3 Å². The maximum atomic E-state index is 5.84. The molecule has 4 heteroatoms. The van der Waals surface area contributed by atoms with E-state index in [9.17, 15) is 0 Å². The van der Waals surface area contributed by atoms with Gasteiger partial charge in [-0.3, -0.25) is 0 Å². The minimum absolute atomic E-state index is 0.222. The van der Waals surface area contributed by atoms with Crippen LogP contribution in [0.25, 0.3) is 0 Å². The predicted octanol–water partition coefficient (Wildman–Crippen LogP) is 2.63. The van der Waals surface area contributed by atoms with E-state index in [4.69, 9.17) is 5.73 Å². The Hall–Kier alpha value is -0.610. The zero-order valence-corrected chi connectivity index (χ0v) is 10.7. The molecular formula is C11H21N3S. The largest absolute Gasteiger partial charge is 0.361 e. The monoisotopic (exact) mass is 227 g/mol. The first-order chi connectivity index (χ1) is 7.15. The van der Waals surface area contributed by atoms with Crippen LogP contribution < -0.4 is 11.1 Å². The van der Waals surface area contributed by atoms with Gasteiger partial charge in [0.25, 0.3) is 0 Å². The Balaban J connectivity index is 2.54. The quantitative estimate of drug-likeness (QED) is 0.785. The van der Waals surface area contributed by atoms with Crippen molar-refractivity contribution in [3.63, 3.8) is 0 Å². The molecule has 0 atom stereocenters. The van der Waals surface area contributed by atoms with Gasteiger partial charge in [0, 0.05) is 11.9 Å². The molecule has 0 unspecified atom stereocenters. The Morgan fingerprint density at radius 2 is 2.13 bits per heavy atom. The van der Waals surface area contributed by atoms with Crippen molar-refractivity contribution in [3.8, 4) is 0 Å². The van der Waals surface area contributed by atoms with Crippen LogP contribution in [0.5, 0.6) is 0 Å². The number of nitrogens with zero attached hydrogens (tertiary/aromatic N) is 1. The summed E-state index contributed by atoms with van der Waals surface area (Å²) in [5.74, 6) is 0. The molecule has 3 nitrogen and oxygen atoms in total. The molecule has 1 aromatic rings. The lowest BCUT2D eigenvalue weighted by molar-refractivity contribution is 0.294. The van der Waals surface area contributed by atoms with Crippen LogP contribution >= 0.6 is 11.3 Å². The lowest BCUT2D eigenvalue weighted by atomic mass is 9.82. The van der Waals surface area contributed by atoms with Gasteiger partial charge in [-0.25, -0.2) is 4.98 Å². The topological polar surface area (TPSA) is 50.9 Å². The van der Waals surface area contributed by atoms with Crippen molar-refractivity contribution in [1.29, 1.82) is 0 Å². The van der Waals surface area contributed by atoms with Gasteiger partial charge in [-0.15, -0.1) is 11.3 Å². The van der Waals surface area contributed by atoms with Gasteiger partial charge >= 0.3 is 0 Å². The second-order valence-electron chi connectivity index (χ2n) is 4.06. The summed E-state index contributed by atoms with van der Waals surface area (Å²) >= 11 is 1.66. The van der Waals surface area contributed by atoms with Crippen LogP contribution in [0.1, 0.15) is 32.4 Å². The average Bonchev–Trinajstić information content (AvgIpc) is 2.67. The van der Waals surface area contributed by atoms with E-state index in [0.29, 0.717) is 0 Å². The van der Waals surface area contributed by atoms with Crippen molar-refractivity contribution in [1.82, 2.24) is 4.98 Å². The predicted molar refractivity (Wildman–Crippen MR) is 67.4 cm³/mol. The summed E-state index contributed by atoms with van der Waals surface area (Å²) < 4.78 is 0. The second kappa shape index (κ2) is 5.47. The molecule has 0 saturated heterocycles. The second-order valence-corrected chi connectivity index (χ2v) is 4.92. The summed E-state index contributed by atoms with van der Waals surface area (Å²) in [6.45, 7) is 8.06. The third-order valence-corrected chi connectivity index (χ3v) is 4.08. The molecule has 0 aliphatic carbocycles. The third-order valence-electron chi connectivity index (χ3n) is 3.17. The van der Waals surface area contributed by atoms with Crippen molar-refractivity contribution in [2.24, 2.45) is 11.1 Å². The lowest BCUT2D eigenvalue weighted by Gasteiger charge is -2.30. The van der Waals surface area contributed by atoms with Gasteiger partial charge in [0.05, 0.1) is 5.69 Å². The third kappa shape index (κ3) is 3.18. The maximum absolute atomic E-state index is 5.84. The van der Waals surface area contributed by atoms with Crippen LogP contribution in [0.2, 0.25) is 0 Å². The Labute approximate surface area is 96.1 Å². The highest BCUT2D eigenvalue weighted by molar-refractivity contribution is 7.13. The number of rotatable bonds is 6. The van der Waals surface area contributed by atoms with Crippen molar-refractivity contribution < 1.29 is 0 Å². The van der Waals surface area contributed by atoms with E-state index in [2.05, 4.69) is 29.5 Å². The van der Waals surface area contributed by atoms with Gasteiger partial charge in [0.1, 0.15) is 0 Å². The number of nitrogens with two attached hydrogens (primary N) is 1. The summed E-state index contributed by atoms with van der Waals surface area (Å²) in [4.78, 5) is 4.38. The fourth-order valence-electron chi connectivity index (χ4n) is 1.56. The van der Waals surface area contributed by atoms with E-state index < -0.39 is 0 Å². The van der Waals surface area contributed by atoms with Crippen LogP contribution in [-0.2, 0) is 0 Å². The van der Waals surface area contributed by atoms with Gasteiger partial charge < -0.3 is 11.1 Å². The molecular weight excluding hydrogens is 206 g/mol. The smallest absolute Gasteiger partial charge is 0.182 e. The summed E-state index contributed by atoms with van der Waals surface area (Å²) in [6.07, 6.45) is 2.22. The number of hydrogen-bond acceptors (Lipinski definition) is 4. The van der Waals surface area contributed by atoms with Crippen LogP contribution in [0.15, 0.2) is 5.38 Å². The SMILES string of the molecule is CCC(CC)(CN)CNc1nc(C)cs1. The number of aryl methyl sites for hydroxylation is 1. The highest BCUT2D eigenvalue weighted by Gasteiger charge is 2.24. The Kier molecular flexibility index (Phi) is 4.54. The zero-order chi connectivity index (χ0) is 11.3. The van der Waals surface area contributed by atoms with E-state index >= 15 is 0 Å². The highest BCUT2D eigenvalue weighted by atomic mass is 32.1. The lowest BCUT2D eigenvalue weighted by Crippen LogP contribution is -2.36. The number of anilines is 1. The molecule has 1 rings (SSSR count). The van der Waals surface area contributed by atoms with Crippen molar-refractivity contribution in [3.05, 3.63) is 11.1 Å². The molecule has 0 saturated carbocycles. The molecule has 0 amide bonds. The first-order valence-corrected chi connectivity index (χ1v) is 6.40. The minimum Gasteiger partial charge on any atom is -0.361 e.